The van der Waals surface area contributed by atoms with Crippen molar-refractivity contribution in [3.63, 3.8) is 0 Å². The third-order valence-corrected chi connectivity index (χ3v) is 8.16. The minimum Gasteiger partial charge on any atom is -0.545 e. The molecule has 6 rings (SSSR count). The average molecular weight is 567 g/mol. The lowest BCUT2D eigenvalue weighted by Crippen LogP contribution is -2.23. The van der Waals surface area contributed by atoms with Gasteiger partial charge in [0.05, 0.1) is 28.9 Å². The third kappa shape index (κ3) is 5.30. The number of fused-ring (bicyclic) bond motifs is 2. The molecule has 0 saturated heterocycles. The van der Waals surface area contributed by atoms with Gasteiger partial charge in [-0.05, 0) is 78.8 Å². The van der Waals surface area contributed by atoms with Crippen LogP contribution < -0.4 is 15.7 Å². The molecule has 0 bridgehead atoms. The summed E-state index contributed by atoms with van der Waals surface area (Å²) in [5, 5.41) is 21.1. The fraction of sp³-hybridized carbons (Fsp3) is 0.158. The number of carboxylic acids is 1. The summed E-state index contributed by atoms with van der Waals surface area (Å²) >= 11 is 0. The summed E-state index contributed by atoms with van der Waals surface area (Å²) in [5.41, 5.74) is 11.6. The Morgan fingerprint density at radius 3 is 1.67 bits per heavy atom. The average Bonchev–Trinajstić information content (AvgIpc) is 3.01. The second-order valence-corrected chi connectivity index (χ2v) is 10.9. The number of carboxylic acid groups (broad SMARTS) is 1. The van der Waals surface area contributed by atoms with Crippen LogP contribution in [0.5, 0.6) is 0 Å². The Morgan fingerprint density at radius 1 is 0.674 bits per heavy atom. The molecule has 0 radical (unpaired) electrons. The molecule has 0 fully saturated rings. The molecule has 0 aliphatic heterocycles. The fourth-order valence-electron chi connectivity index (χ4n) is 5.91. The molecule has 0 saturated carbocycles. The van der Waals surface area contributed by atoms with E-state index in [4.69, 9.17) is 4.42 Å². The van der Waals surface area contributed by atoms with Crippen LogP contribution in [0.2, 0.25) is 0 Å². The molecular weight excluding hydrogens is 532 g/mol. The normalized spacial score (nSPS) is 11.2. The van der Waals surface area contributed by atoms with Gasteiger partial charge in [0.25, 0.3) is 0 Å². The number of hydrogen-bond donors (Lipinski definition) is 2. The van der Waals surface area contributed by atoms with Crippen molar-refractivity contribution < 1.29 is 14.3 Å². The van der Waals surface area contributed by atoms with Gasteiger partial charge in [0.2, 0.25) is 0 Å². The van der Waals surface area contributed by atoms with Crippen LogP contribution in [-0.2, 0) is 12.8 Å². The number of para-hydroxylation sites is 2. The molecule has 0 unspecified atom stereocenters. The Labute approximate surface area is 251 Å². The van der Waals surface area contributed by atoms with E-state index in [-0.39, 0.29) is 5.56 Å². The summed E-state index contributed by atoms with van der Waals surface area (Å²) in [6.45, 7) is 8.49. The summed E-state index contributed by atoms with van der Waals surface area (Å²) in [6, 6.07) is 31.6. The Hall–Kier alpha value is -5.16. The number of carbonyl (C=O) groups excluding carboxylic acids is 1. The van der Waals surface area contributed by atoms with E-state index in [0.717, 1.165) is 63.1 Å². The van der Waals surface area contributed by atoms with Crippen molar-refractivity contribution in [3.8, 4) is 11.1 Å². The summed E-state index contributed by atoms with van der Waals surface area (Å²) in [4.78, 5) is 12.2. The highest BCUT2D eigenvalue weighted by Gasteiger charge is 2.23. The van der Waals surface area contributed by atoms with E-state index >= 15 is 0 Å². The summed E-state index contributed by atoms with van der Waals surface area (Å²) in [7, 11) is 0. The molecule has 6 aromatic rings. The zero-order valence-corrected chi connectivity index (χ0v) is 24.9. The van der Waals surface area contributed by atoms with Crippen LogP contribution in [0.1, 0.15) is 46.5 Å². The third-order valence-electron chi connectivity index (χ3n) is 8.16. The van der Waals surface area contributed by atoms with Crippen molar-refractivity contribution in [3.05, 3.63) is 125 Å². The molecule has 5 aromatic carbocycles. The minimum absolute atomic E-state index is 0.140. The maximum atomic E-state index is 12.2. The van der Waals surface area contributed by atoms with E-state index in [9.17, 15) is 9.90 Å². The van der Waals surface area contributed by atoms with Crippen LogP contribution >= 0.6 is 0 Å². The lowest BCUT2D eigenvalue weighted by molar-refractivity contribution is -0.254. The zero-order chi connectivity index (χ0) is 30.1. The van der Waals surface area contributed by atoms with Gasteiger partial charge in [-0.25, -0.2) is 4.42 Å². The van der Waals surface area contributed by atoms with Crippen LogP contribution in [0.3, 0.4) is 0 Å². The Balaban J connectivity index is 1.56. The fourth-order valence-corrected chi connectivity index (χ4v) is 5.91. The van der Waals surface area contributed by atoms with Crippen molar-refractivity contribution >= 4 is 50.7 Å². The Kier molecular flexibility index (Phi) is 7.56. The molecule has 0 spiro atoms. The highest BCUT2D eigenvalue weighted by molar-refractivity contribution is 6.12. The van der Waals surface area contributed by atoms with Crippen molar-refractivity contribution in [2.24, 2.45) is 0 Å². The minimum atomic E-state index is -1.22. The number of anilines is 4. The molecule has 2 N–H and O–H groups in total. The van der Waals surface area contributed by atoms with Crippen LogP contribution in [0.4, 0.5) is 22.7 Å². The van der Waals surface area contributed by atoms with Crippen molar-refractivity contribution in [2.45, 2.75) is 40.5 Å². The highest BCUT2D eigenvalue weighted by atomic mass is 16.4. The van der Waals surface area contributed by atoms with Crippen LogP contribution in [0.25, 0.3) is 33.1 Å². The van der Waals surface area contributed by atoms with E-state index in [1.54, 1.807) is 12.1 Å². The second-order valence-electron chi connectivity index (χ2n) is 10.9. The first kappa shape index (κ1) is 28.0. The smallest absolute Gasteiger partial charge is 0.363 e. The summed E-state index contributed by atoms with van der Waals surface area (Å²) in [6.07, 6.45) is 1.82. The van der Waals surface area contributed by atoms with Gasteiger partial charge < -0.3 is 20.5 Å². The van der Waals surface area contributed by atoms with E-state index in [2.05, 4.69) is 74.7 Å². The predicted molar refractivity (Wildman–Crippen MR) is 176 cm³/mol. The van der Waals surface area contributed by atoms with Gasteiger partial charge in [0, 0.05) is 33.9 Å². The van der Waals surface area contributed by atoms with Gasteiger partial charge in [-0.3, -0.25) is 0 Å². The second kappa shape index (κ2) is 11.6. The standard InChI is InChI=1S/C38H34N2O3/c1-5-25-13-9-11-23(3)36(25)39-27-17-19-31-33(21-27)43-34-22-28(40-37-24(4)12-10-14-26(37)6-2)18-20-32(34)35(31)29-15-7-8-16-30(29)38(41)42/h7-22,39-40H,5-6H2,1-4H3. The molecular formula is C38H34N2O3. The molecule has 1 heterocycles. The SMILES string of the molecule is CCc1cccc(C)c1Nc1ccc2c(-c3ccccc3C(=O)[O-])c3ccc(Nc4c(C)cccc4CC)cc3[o+]c2c1. The van der Waals surface area contributed by atoms with E-state index < -0.39 is 5.97 Å². The van der Waals surface area contributed by atoms with E-state index in [0.29, 0.717) is 16.7 Å². The van der Waals surface area contributed by atoms with Gasteiger partial charge in [-0.15, -0.1) is 0 Å². The molecule has 43 heavy (non-hydrogen) atoms. The summed E-state index contributed by atoms with van der Waals surface area (Å²) in [5.74, 6) is -1.22. The quantitative estimate of drug-likeness (QED) is 0.142. The van der Waals surface area contributed by atoms with E-state index in [1.165, 1.54) is 11.1 Å². The van der Waals surface area contributed by atoms with Crippen molar-refractivity contribution in [2.75, 3.05) is 10.6 Å². The maximum Gasteiger partial charge on any atom is 0.363 e. The van der Waals surface area contributed by atoms with Gasteiger partial charge in [-0.2, -0.15) is 0 Å². The molecule has 5 nitrogen and oxygen atoms in total. The van der Waals surface area contributed by atoms with Gasteiger partial charge in [0.1, 0.15) is 0 Å². The lowest BCUT2D eigenvalue weighted by atomic mass is 9.93. The topological polar surface area (TPSA) is 75.5 Å². The first-order valence-corrected chi connectivity index (χ1v) is 14.7. The van der Waals surface area contributed by atoms with Crippen LogP contribution in [-0.4, -0.2) is 5.97 Å². The largest absolute Gasteiger partial charge is 0.545 e. The highest BCUT2D eigenvalue weighted by Crippen LogP contribution is 2.41. The monoisotopic (exact) mass is 566 g/mol. The number of carbonyl (C=O) groups is 1. The van der Waals surface area contributed by atoms with Crippen LogP contribution in [0, 0.1) is 13.8 Å². The predicted octanol–water partition coefficient (Wildman–Crippen LogP) is 9.13. The first-order chi connectivity index (χ1) is 20.9. The number of nitrogens with one attached hydrogen (secondary N) is 2. The van der Waals surface area contributed by atoms with Crippen molar-refractivity contribution in [1.82, 2.24) is 0 Å². The number of aryl methyl sites for hydroxylation is 4. The van der Waals surface area contributed by atoms with Gasteiger partial charge in [-0.1, -0.05) is 74.5 Å². The van der Waals surface area contributed by atoms with E-state index in [1.807, 2.05) is 48.5 Å². The maximum absolute atomic E-state index is 12.2. The first-order valence-electron chi connectivity index (χ1n) is 14.7. The zero-order valence-electron chi connectivity index (χ0n) is 24.9. The number of benzene rings is 5. The Bertz CT molecular complexity index is 1900. The lowest BCUT2D eigenvalue weighted by Gasteiger charge is -2.16. The van der Waals surface area contributed by atoms with Crippen LogP contribution in [0.15, 0.2) is 101 Å². The van der Waals surface area contributed by atoms with Gasteiger partial charge in [0.15, 0.2) is 0 Å². The molecule has 1 aromatic heterocycles. The molecule has 0 aliphatic rings. The molecule has 0 amide bonds. The van der Waals surface area contributed by atoms with Gasteiger partial charge >= 0.3 is 11.2 Å². The molecule has 214 valence electrons. The van der Waals surface area contributed by atoms with Crippen molar-refractivity contribution in [1.29, 1.82) is 0 Å². The molecule has 0 atom stereocenters. The summed E-state index contributed by atoms with van der Waals surface area (Å²) < 4.78 is 6.60. The molecule has 0 aliphatic carbocycles. The number of hydrogen-bond acceptors (Lipinski definition) is 4. The Morgan fingerprint density at radius 2 is 1.19 bits per heavy atom. The number of aromatic carboxylic acids is 1. The molecule has 5 heteroatoms. The number of rotatable bonds is 8.